The molecule has 19 heavy (non-hydrogen) atoms. The lowest BCUT2D eigenvalue weighted by Crippen LogP contribution is -2.49. The predicted octanol–water partition coefficient (Wildman–Crippen LogP) is 3.20. The normalized spacial score (nSPS) is 14.7. The Morgan fingerprint density at radius 2 is 2.05 bits per heavy atom. The maximum atomic E-state index is 13.4. The van der Waals surface area contributed by atoms with Crippen molar-refractivity contribution in [2.45, 2.75) is 43.7 Å². The van der Waals surface area contributed by atoms with Gasteiger partial charge < -0.3 is 10.4 Å². The highest BCUT2D eigenvalue weighted by atomic mass is 32.2. The van der Waals surface area contributed by atoms with Crippen molar-refractivity contribution in [2.75, 3.05) is 12.4 Å². The fourth-order valence-corrected chi connectivity index (χ4v) is 3.01. The number of halogens is 2. The quantitative estimate of drug-likeness (QED) is 0.756. The number of hydrogen-bond donors (Lipinski definition) is 2. The number of thioether (sulfide) groups is 1. The van der Waals surface area contributed by atoms with Gasteiger partial charge in [0.05, 0.1) is 6.61 Å². The first-order chi connectivity index (χ1) is 8.86. The van der Waals surface area contributed by atoms with Gasteiger partial charge in [0, 0.05) is 22.5 Å². The van der Waals surface area contributed by atoms with Crippen LogP contribution in [0.2, 0.25) is 0 Å². The first kappa shape index (κ1) is 16.4. The van der Waals surface area contributed by atoms with Crippen molar-refractivity contribution in [3.05, 3.63) is 29.8 Å². The third-order valence-electron chi connectivity index (χ3n) is 2.79. The molecule has 2 nitrogen and oxygen atoms in total. The zero-order valence-electron chi connectivity index (χ0n) is 11.5. The highest BCUT2D eigenvalue weighted by Crippen LogP contribution is 2.25. The largest absolute Gasteiger partial charge is 0.394 e. The van der Waals surface area contributed by atoms with Gasteiger partial charge >= 0.3 is 0 Å². The third-order valence-corrected chi connectivity index (χ3v) is 3.84. The monoisotopic (exact) mass is 289 g/mol. The highest BCUT2D eigenvalue weighted by Gasteiger charge is 2.23. The molecule has 0 saturated heterocycles. The van der Waals surface area contributed by atoms with E-state index < -0.39 is 11.6 Å². The smallest absolute Gasteiger partial charge is 0.139 e. The average Bonchev–Trinajstić information content (AvgIpc) is 2.31. The molecule has 5 heteroatoms. The summed E-state index contributed by atoms with van der Waals surface area (Å²) in [5, 5.41) is 12.7. The first-order valence-corrected chi connectivity index (χ1v) is 7.31. The molecule has 1 atom stereocenters. The Balaban J connectivity index is 2.52. The lowest BCUT2D eigenvalue weighted by Gasteiger charge is -2.31. The van der Waals surface area contributed by atoms with Gasteiger partial charge in [-0.2, -0.15) is 0 Å². The van der Waals surface area contributed by atoms with Crippen LogP contribution in [0, 0.1) is 11.6 Å². The molecule has 1 unspecified atom stereocenters. The Morgan fingerprint density at radius 1 is 1.37 bits per heavy atom. The molecule has 0 bridgehead atoms. The molecular weight excluding hydrogens is 268 g/mol. The second-order valence-electron chi connectivity index (χ2n) is 5.19. The van der Waals surface area contributed by atoms with Crippen molar-refractivity contribution in [3.63, 3.8) is 0 Å². The molecule has 0 saturated carbocycles. The van der Waals surface area contributed by atoms with Crippen LogP contribution in [-0.4, -0.2) is 29.0 Å². The molecular formula is C14H21F2NOS. The van der Waals surface area contributed by atoms with Crippen LogP contribution in [0.15, 0.2) is 23.1 Å². The summed E-state index contributed by atoms with van der Waals surface area (Å²) in [7, 11) is 0. The molecule has 0 radical (unpaired) electrons. The zero-order chi connectivity index (χ0) is 14.5. The van der Waals surface area contributed by atoms with Crippen LogP contribution in [0.1, 0.15) is 27.2 Å². The molecule has 0 fully saturated rings. The van der Waals surface area contributed by atoms with Gasteiger partial charge in [0.2, 0.25) is 0 Å². The molecule has 1 aromatic carbocycles. The van der Waals surface area contributed by atoms with E-state index in [0.29, 0.717) is 17.1 Å². The number of aliphatic hydroxyl groups excluding tert-OH is 1. The SMILES string of the molecule is CC(C)NC(C)(CO)CCSc1ccc(F)cc1F. The fourth-order valence-electron chi connectivity index (χ4n) is 1.87. The van der Waals surface area contributed by atoms with E-state index in [1.807, 2.05) is 20.8 Å². The van der Waals surface area contributed by atoms with Gasteiger partial charge in [0.25, 0.3) is 0 Å². The summed E-state index contributed by atoms with van der Waals surface area (Å²) in [4.78, 5) is 0.436. The summed E-state index contributed by atoms with van der Waals surface area (Å²) in [6.07, 6.45) is 0.698. The Labute approximate surface area is 117 Å². The summed E-state index contributed by atoms with van der Waals surface area (Å²) >= 11 is 1.33. The van der Waals surface area contributed by atoms with E-state index >= 15 is 0 Å². The Kier molecular flexibility index (Phi) is 6.23. The van der Waals surface area contributed by atoms with E-state index in [0.717, 1.165) is 6.07 Å². The van der Waals surface area contributed by atoms with Crippen molar-refractivity contribution in [1.29, 1.82) is 0 Å². The maximum absolute atomic E-state index is 13.4. The summed E-state index contributed by atoms with van der Waals surface area (Å²) in [6, 6.07) is 3.86. The molecule has 1 rings (SSSR count). The van der Waals surface area contributed by atoms with Crippen molar-refractivity contribution in [2.24, 2.45) is 0 Å². The van der Waals surface area contributed by atoms with E-state index in [-0.39, 0.29) is 18.2 Å². The number of aliphatic hydroxyl groups is 1. The summed E-state index contributed by atoms with van der Waals surface area (Å²) in [5.41, 5.74) is -0.377. The Morgan fingerprint density at radius 3 is 2.58 bits per heavy atom. The van der Waals surface area contributed by atoms with Crippen LogP contribution in [0.4, 0.5) is 8.78 Å². The van der Waals surface area contributed by atoms with Crippen molar-refractivity contribution < 1.29 is 13.9 Å². The molecule has 108 valence electrons. The molecule has 2 N–H and O–H groups in total. The standard InChI is InChI=1S/C14H21F2NOS/c1-10(2)17-14(3,9-18)6-7-19-13-5-4-11(15)8-12(13)16/h4-5,8,10,17-18H,6-7,9H2,1-3H3. The number of rotatable bonds is 7. The maximum Gasteiger partial charge on any atom is 0.139 e. The molecule has 0 aliphatic heterocycles. The number of benzene rings is 1. The van der Waals surface area contributed by atoms with Gasteiger partial charge in [-0.25, -0.2) is 8.78 Å². The minimum Gasteiger partial charge on any atom is -0.394 e. The van der Waals surface area contributed by atoms with Gasteiger partial charge in [0.15, 0.2) is 0 Å². The Hall–Kier alpha value is -0.650. The minimum atomic E-state index is -0.566. The van der Waals surface area contributed by atoms with E-state index in [1.165, 1.54) is 23.9 Å². The van der Waals surface area contributed by atoms with Gasteiger partial charge in [0.1, 0.15) is 11.6 Å². The van der Waals surface area contributed by atoms with Crippen LogP contribution < -0.4 is 5.32 Å². The zero-order valence-corrected chi connectivity index (χ0v) is 12.4. The lowest BCUT2D eigenvalue weighted by molar-refractivity contribution is 0.162. The van der Waals surface area contributed by atoms with E-state index in [1.54, 1.807) is 0 Å². The first-order valence-electron chi connectivity index (χ1n) is 6.33. The minimum absolute atomic E-state index is 0.0254. The van der Waals surface area contributed by atoms with Gasteiger partial charge in [-0.1, -0.05) is 13.8 Å². The molecule has 1 aromatic rings. The van der Waals surface area contributed by atoms with Crippen LogP contribution in [0.5, 0.6) is 0 Å². The summed E-state index contributed by atoms with van der Waals surface area (Å²) in [6.45, 7) is 5.99. The van der Waals surface area contributed by atoms with E-state index in [2.05, 4.69) is 5.32 Å². The molecule has 0 amide bonds. The second kappa shape index (κ2) is 7.22. The molecule has 0 aliphatic carbocycles. The fraction of sp³-hybridized carbons (Fsp3) is 0.571. The van der Waals surface area contributed by atoms with Gasteiger partial charge in [-0.05, 0) is 31.2 Å². The predicted molar refractivity (Wildman–Crippen MR) is 75.5 cm³/mol. The van der Waals surface area contributed by atoms with Crippen molar-refractivity contribution >= 4 is 11.8 Å². The number of nitrogens with one attached hydrogen (secondary N) is 1. The van der Waals surface area contributed by atoms with E-state index in [9.17, 15) is 13.9 Å². The van der Waals surface area contributed by atoms with Crippen LogP contribution >= 0.6 is 11.8 Å². The third kappa shape index (κ3) is 5.47. The lowest BCUT2D eigenvalue weighted by atomic mass is 9.99. The molecule has 0 aromatic heterocycles. The summed E-state index contributed by atoms with van der Waals surface area (Å²) in [5.74, 6) is -0.449. The topological polar surface area (TPSA) is 32.3 Å². The van der Waals surface area contributed by atoms with Gasteiger partial charge in [-0.15, -0.1) is 11.8 Å². The average molecular weight is 289 g/mol. The highest BCUT2D eigenvalue weighted by molar-refractivity contribution is 7.99. The van der Waals surface area contributed by atoms with Crippen molar-refractivity contribution in [3.8, 4) is 0 Å². The Bertz CT molecular complexity index is 414. The van der Waals surface area contributed by atoms with Crippen LogP contribution in [-0.2, 0) is 0 Å². The second-order valence-corrected chi connectivity index (χ2v) is 6.33. The summed E-state index contributed by atoms with van der Waals surface area (Å²) < 4.78 is 26.2. The number of hydrogen-bond acceptors (Lipinski definition) is 3. The van der Waals surface area contributed by atoms with E-state index in [4.69, 9.17) is 0 Å². The van der Waals surface area contributed by atoms with Crippen LogP contribution in [0.3, 0.4) is 0 Å². The molecule has 0 heterocycles. The van der Waals surface area contributed by atoms with Crippen LogP contribution in [0.25, 0.3) is 0 Å². The van der Waals surface area contributed by atoms with Gasteiger partial charge in [-0.3, -0.25) is 0 Å². The van der Waals surface area contributed by atoms with Crippen molar-refractivity contribution in [1.82, 2.24) is 5.32 Å². The molecule has 0 spiro atoms. The molecule has 0 aliphatic rings.